The molecule has 0 N–H and O–H groups in total. The van der Waals surface area contributed by atoms with Crippen molar-refractivity contribution in [2.75, 3.05) is 27.4 Å². The summed E-state index contributed by atoms with van der Waals surface area (Å²) in [6.07, 6.45) is -4.58. The fourth-order valence-electron chi connectivity index (χ4n) is 2.37. The van der Waals surface area contributed by atoms with E-state index in [-0.39, 0.29) is 40.1 Å². The molecular weight excluding hydrogens is 461 g/mol. The highest BCUT2D eigenvalue weighted by Gasteiger charge is 2.31. The van der Waals surface area contributed by atoms with E-state index in [4.69, 9.17) is 25.9 Å². The largest absolute Gasteiger partial charge is 0.466 e. The van der Waals surface area contributed by atoms with Crippen LogP contribution in [0.15, 0.2) is 41.6 Å². The molecule has 2 aromatic carbocycles. The molecule has 0 amide bonds. The number of alkyl halides is 3. The number of esters is 1. The first kappa shape index (κ1) is 24.9. The van der Waals surface area contributed by atoms with Crippen LogP contribution in [0, 0.1) is 10.1 Å². The second kappa shape index (κ2) is 10.8. The molecule has 0 heterocycles. The number of halogens is 4. The Balaban J connectivity index is 2.41. The maximum Gasteiger partial charge on any atom is 0.416 e. The second-order valence-electron chi connectivity index (χ2n) is 6.00. The zero-order valence-electron chi connectivity index (χ0n) is 16.6. The van der Waals surface area contributed by atoms with Gasteiger partial charge in [-0.1, -0.05) is 16.8 Å². The van der Waals surface area contributed by atoms with Crippen LogP contribution in [0.2, 0.25) is 5.02 Å². The van der Waals surface area contributed by atoms with E-state index in [1.54, 1.807) is 0 Å². The van der Waals surface area contributed by atoms with Crippen molar-refractivity contribution in [3.63, 3.8) is 0 Å². The Morgan fingerprint density at radius 3 is 2.44 bits per heavy atom. The average Bonchev–Trinajstić information content (AvgIpc) is 2.73. The van der Waals surface area contributed by atoms with E-state index in [2.05, 4.69) is 9.89 Å². The molecule has 0 aromatic heterocycles. The Kier molecular flexibility index (Phi) is 8.38. The lowest BCUT2D eigenvalue weighted by Crippen LogP contribution is -2.14. The summed E-state index contributed by atoms with van der Waals surface area (Å²) in [5.41, 5.74) is -1.46. The number of oxime groups is 1. The molecule has 2 rings (SSSR count). The predicted molar refractivity (Wildman–Crippen MR) is 106 cm³/mol. The predicted octanol–water partition coefficient (Wildman–Crippen LogP) is 4.60. The van der Waals surface area contributed by atoms with E-state index >= 15 is 0 Å². The number of carbonyl (C=O) groups is 1. The topological polar surface area (TPSA) is 109 Å². The molecule has 0 aliphatic rings. The molecule has 2 aromatic rings. The summed E-state index contributed by atoms with van der Waals surface area (Å²) in [6, 6.07) is 6.05. The van der Waals surface area contributed by atoms with Gasteiger partial charge in [0.1, 0.15) is 17.2 Å². The van der Waals surface area contributed by atoms with E-state index < -0.39 is 29.2 Å². The average molecular weight is 477 g/mol. The minimum absolute atomic E-state index is 0.0176. The van der Waals surface area contributed by atoms with Crippen LogP contribution in [0.4, 0.5) is 18.9 Å². The molecule has 13 heteroatoms. The molecule has 0 radical (unpaired) electrons. The standard InChI is InChI=1S/C19H16ClF3N2O7/c1-29-9-15(24-31-10-18(26)30-2)13-8-12(4-5-16(13)25(27)28)32-17-6-3-11(7-14(17)20)19(21,22)23/h3-8H,9-10H2,1-2H3/b24-15-. The monoisotopic (exact) mass is 476 g/mol. The summed E-state index contributed by atoms with van der Waals surface area (Å²) in [7, 11) is 2.45. The van der Waals surface area contributed by atoms with Gasteiger partial charge in [-0.25, -0.2) is 4.79 Å². The maximum absolute atomic E-state index is 12.8. The smallest absolute Gasteiger partial charge is 0.416 e. The zero-order valence-corrected chi connectivity index (χ0v) is 17.4. The Hall–Kier alpha value is -3.38. The maximum atomic E-state index is 12.8. The van der Waals surface area contributed by atoms with Crippen LogP contribution in [0.25, 0.3) is 0 Å². The zero-order chi connectivity index (χ0) is 23.9. The molecular formula is C19H16ClF3N2O7. The number of nitrogens with zero attached hydrogens (tertiary/aromatic N) is 2. The van der Waals surface area contributed by atoms with E-state index in [1.165, 1.54) is 19.2 Å². The van der Waals surface area contributed by atoms with Crippen molar-refractivity contribution in [2.24, 2.45) is 5.16 Å². The van der Waals surface area contributed by atoms with Gasteiger partial charge in [0.15, 0.2) is 0 Å². The Morgan fingerprint density at radius 1 is 1.16 bits per heavy atom. The number of rotatable bonds is 9. The highest BCUT2D eigenvalue weighted by atomic mass is 35.5. The van der Waals surface area contributed by atoms with Crippen molar-refractivity contribution in [2.45, 2.75) is 6.18 Å². The summed E-state index contributed by atoms with van der Waals surface area (Å²) < 4.78 is 53.3. The highest BCUT2D eigenvalue weighted by Crippen LogP contribution is 2.37. The Labute approximate surface area is 184 Å². The second-order valence-corrected chi connectivity index (χ2v) is 6.41. The van der Waals surface area contributed by atoms with Crippen molar-refractivity contribution in [1.29, 1.82) is 0 Å². The molecule has 172 valence electrons. The third-order valence-electron chi connectivity index (χ3n) is 3.83. The number of methoxy groups -OCH3 is 2. The minimum atomic E-state index is -4.58. The van der Waals surface area contributed by atoms with E-state index in [1.807, 2.05) is 0 Å². The molecule has 9 nitrogen and oxygen atoms in total. The van der Waals surface area contributed by atoms with Gasteiger partial charge in [0.05, 0.1) is 34.8 Å². The van der Waals surface area contributed by atoms with Gasteiger partial charge >= 0.3 is 12.1 Å². The quantitative estimate of drug-likeness (QED) is 0.225. The first-order chi connectivity index (χ1) is 15.1. The van der Waals surface area contributed by atoms with Gasteiger partial charge in [-0.15, -0.1) is 0 Å². The highest BCUT2D eigenvalue weighted by molar-refractivity contribution is 6.32. The summed E-state index contributed by atoms with van der Waals surface area (Å²) in [5.74, 6) is -0.815. The molecule has 0 unspecified atom stereocenters. The van der Waals surface area contributed by atoms with Crippen LogP contribution in [0.5, 0.6) is 11.5 Å². The van der Waals surface area contributed by atoms with Crippen LogP contribution in [-0.2, 0) is 25.3 Å². The van der Waals surface area contributed by atoms with Gasteiger partial charge < -0.3 is 19.0 Å². The number of ether oxygens (including phenoxy) is 3. The third kappa shape index (κ3) is 6.56. The molecule has 0 aliphatic carbocycles. The van der Waals surface area contributed by atoms with Crippen LogP contribution in [0.3, 0.4) is 0 Å². The van der Waals surface area contributed by atoms with E-state index in [0.717, 1.165) is 25.3 Å². The van der Waals surface area contributed by atoms with Crippen molar-refractivity contribution in [3.8, 4) is 11.5 Å². The molecule has 0 saturated heterocycles. The lowest BCUT2D eigenvalue weighted by atomic mass is 10.1. The van der Waals surface area contributed by atoms with E-state index in [0.29, 0.717) is 6.07 Å². The summed E-state index contributed by atoms with van der Waals surface area (Å²) >= 11 is 5.89. The number of benzene rings is 2. The number of hydrogen-bond acceptors (Lipinski definition) is 8. The number of carbonyl (C=O) groups excluding carboxylic acids is 1. The number of nitro groups is 1. The van der Waals surface area contributed by atoms with Gasteiger partial charge in [0.2, 0.25) is 6.61 Å². The third-order valence-corrected chi connectivity index (χ3v) is 4.12. The van der Waals surface area contributed by atoms with Crippen molar-refractivity contribution < 1.29 is 41.9 Å². The Bertz CT molecular complexity index is 1030. The minimum Gasteiger partial charge on any atom is -0.466 e. The van der Waals surface area contributed by atoms with Crippen molar-refractivity contribution >= 4 is 29.0 Å². The van der Waals surface area contributed by atoms with Crippen LogP contribution in [0.1, 0.15) is 11.1 Å². The molecule has 0 bridgehead atoms. The molecule has 0 saturated carbocycles. The molecule has 0 spiro atoms. The lowest BCUT2D eigenvalue weighted by molar-refractivity contribution is -0.385. The first-order valence-corrected chi connectivity index (χ1v) is 9.02. The first-order valence-electron chi connectivity index (χ1n) is 8.64. The molecule has 0 fully saturated rings. The lowest BCUT2D eigenvalue weighted by Gasteiger charge is -2.12. The van der Waals surface area contributed by atoms with Crippen molar-refractivity contribution in [3.05, 3.63) is 62.7 Å². The molecule has 0 atom stereocenters. The normalized spacial score (nSPS) is 11.8. The van der Waals surface area contributed by atoms with Crippen molar-refractivity contribution in [1.82, 2.24) is 0 Å². The fraction of sp³-hybridized carbons (Fsp3) is 0.263. The van der Waals surface area contributed by atoms with Crippen LogP contribution >= 0.6 is 11.6 Å². The summed E-state index contributed by atoms with van der Waals surface area (Å²) in [6.45, 7) is -0.776. The van der Waals surface area contributed by atoms with Crippen LogP contribution < -0.4 is 4.74 Å². The molecule has 32 heavy (non-hydrogen) atoms. The summed E-state index contributed by atoms with van der Waals surface area (Å²) in [4.78, 5) is 26.8. The molecule has 0 aliphatic heterocycles. The van der Waals surface area contributed by atoms with Gasteiger partial charge in [-0.05, 0) is 30.3 Å². The fourth-order valence-corrected chi connectivity index (χ4v) is 2.59. The Morgan fingerprint density at radius 2 is 1.88 bits per heavy atom. The van der Waals surface area contributed by atoms with Gasteiger partial charge in [-0.3, -0.25) is 10.1 Å². The van der Waals surface area contributed by atoms with Gasteiger partial charge in [-0.2, -0.15) is 13.2 Å². The number of hydrogen-bond donors (Lipinski definition) is 0. The van der Waals surface area contributed by atoms with Gasteiger partial charge in [0.25, 0.3) is 5.69 Å². The van der Waals surface area contributed by atoms with Gasteiger partial charge in [0, 0.05) is 13.2 Å². The van der Waals surface area contributed by atoms with E-state index in [9.17, 15) is 28.1 Å². The number of nitro benzene ring substituents is 1. The SMILES string of the molecule is COC/C(=N/OCC(=O)OC)c1cc(Oc2ccc(C(F)(F)F)cc2Cl)ccc1[N+](=O)[O-]. The summed E-state index contributed by atoms with van der Waals surface area (Å²) in [5, 5.41) is 14.8. The van der Waals surface area contributed by atoms with Crippen LogP contribution in [-0.4, -0.2) is 44.0 Å².